The zero-order valence-electron chi connectivity index (χ0n) is 16.0. The summed E-state index contributed by atoms with van der Waals surface area (Å²) < 4.78 is 27.8. The van der Waals surface area contributed by atoms with E-state index in [-0.39, 0.29) is 28.2 Å². The van der Waals surface area contributed by atoms with Crippen LogP contribution >= 0.6 is 15.9 Å². The number of carbonyl (C=O) groups is 2. The molecule has 2 aromatic rings. The van der Waals surface area contributed by atoms with Crippen molar-refractivity contribution in [3.8, 4) is 5.75 Å². The molecule has 1 saturated carbocycles. The third-order valence-electron chi connectivity index (χ3n) is 4.42. The molecule has 2 aromatic carbocycles. The molecule has 0 aromatic heterocycles. The number of hydrogen-bond donors (Lipinski definition) is 4. The molecule has 0 aliphatic heterocycles. The van der Waals surface area contributed by atoms with E-state index in [0.717, 1.165) is 12.8 Å². The summed E-state index contributed by atoms with van der Waals surface area (Å²) in [5, 5.41) is 14.8. The van der Waals surface area contributed by atoms with Crippen LogP contribution in [0.1, 0.15) is 40.0 Å². The number of aromatic hydroxyl groups is 1. The molecule has 3 rings (SSSR count). The van der Waals surface area contributed by atoms with Crippen LogP contribution < -0.4 is 15.4 Å². The average molecular weight is 496 g/mol. The SMILES string of the molecule is O=C(NCCCNC(=O)c1cc(S(=O)(=O)NC2CC2)ccc1Br)c1cccc(O)c1. The van der Waals surface area contributed by atoms with Gasteiger partial charge in [0.05, 0.1) is 10.5 Å². The Bertz CT molecular complexity index is 1050. The molecule has 0 saturated heterocycles. The van der Waals surface area contributed by atoms with Gasteiger partial charge in [-0.05, 0) is 71.6 Å². The van der Waals surface area contributed by atoms with Gasteiger partial charge in [-0.3, -0.25) is 9.59 Å². The molecule has 0 spiro atoms. The predicted octanol–water partition coefficient (Wildman–Crippen LogP) is 2.15. The van der Waals surface area contributed by atoms with E-state index in [0.29, 0.717) is 29.5 Å². The number of carbonyl (C=O) groups excluding carboxylic acids is 2. The van der Waals surface area contributed by atoms with E-state index in [2.05, 4.69) is 31.3 Å². The monoisotopic (exact) mass is 495 g/mol. The van der Waals surface area contributed by atoms with Crippen molar-refractivity contribution in [3.63, 3.8) is 0 Å². The summed E-state index contributed by atoms with van der Waals surface area (Å²) in [5.41, 5.74) is 0.568. The fourth-order valence-corrected chi connectivity index (χ4v) is 4.43. The maximum absolute atomic E-state index is 12.5. The van der Waals surface area contributed by atoms with Crippen LogP contribution in [0.4, 0.5) is 0 Å². The molecular formula is C20H22BrN3O5S. The van der Waals surface area contributed by atoms with Gasteiger partial charge in [0.2, 0.25) is 10.0 Å². The standard InChI is InChI=1S/C20H22BrN3O5S/c21-18-8-7-16(30(28,29)24-14-5-6-14)12-17(18)20(27)23-10-2-9-22-19(26)13-3-1-4-15(25)11-13/h1,3-4,7-8,11-12,14,24-25H,2,5-6,9-10H2,(H,22,26)(H,23,27). The minimum atomic E-state index is -3.65. The van der Waals surface area contributed by atoms with Crippen LogP contribution in [-0.2, 0) is 10.0 Å². The highest BCUT2D eigenvalue weighted by molar-refractivity contribution is 9.10. The Kier molecular flexibility index (Phi) is 7.11. The van der Waals surface area contributed by atoms with Crippen LogP contribution in [-0.4, -0.2) is 44.5 Å². The zero-order valence-corrected chi connectivity index (χ0v) is 18.4. The van der Waals surface area contributed by atoms with E-state index in [9.17, 15) is 23.1 Å². The van der Waals surface area contributed by atoms with Crippen LogP contribution in [0.5, 0.6) is 5.75 Å². The number of phenolic OH excluding ortho intramolecular Hbond substituents is 1. The first kappa shape index (κ1) is 22.3. The molecule has 0 atom stereocenters. The van der Waals surface area contributed by atoms with Gasteiger partial charge in [-0.2, -0.15) is 0 Å². The normalized spacial score (nSPS) is 13.6. The van der Waals surface area contributed by atoms with E-state index >= 15 is 0 Å². The van der Waals surface area contributed by atoms with Crippen LogP contribution in [0.25, 0.3) is 0 Å². The number of amides is 2. The smallest absolute Gasteiger partial charge is 0.252 e. The van der Waals surface area contributed by atoms with Crippen LogP contribution in [0.15, 0.2) is 51.8 Å². The number of halogens is 1. The van der Waals surface area contributed by atoms with Gasteiger partial charge in [0, 0.05) is 29.2 Å². The summed E-state index contributed by atoms with van der Waals surface area (Å²) in [4.78, 5) is 24.5. The average Bonchev–Trinajstić information content (AvgIpc) is 3.50. The van der Waals surface area contributed by atoms with Crippen LogP contribution in [0.2, 0.25) is 0 Å². The van der Waals surface area contributed by atoms with Gasteiger partial charge in [-0.25, -0.2) is 13.1 Å². The highest BCUT2D eigenvalue weighted by atomic mass is 79.9. The van der Waals surface area contributed by atoms with Crippen LogP contribution in [0, 0.1) is 0 Å². The highest BCUT2D eigenvalue weighted by Crippen LogP contribution is 2.25. The Morgan fingerprint density at radius 3 is 2.40 bits per heavy atom. The van der Waals surface area contributed by atoms with E-state index in [1.807, 2.05) is 0 Å². The Morgan fingerprint density at radius 1 is 1.03 bits per heavy atom. The molecule has 0 bridgehead atoms. The lowest BCUT2D eigenvalue weighted by atomic mass is 10.2. The number of sulfonamides is 1. The molecule has 1 aliphatic rings. The second kappa shape index (κ2) is 9.59. The van der Waals surface area contributed by atoms with E-state index in [1.165, 1.54) is 30.3 Å². The van der Waals surface area contributed by atoms with E-state index in [4.69, 9.17) is 0 Å². The number of nitrogens with one attached hydrogen (secondary N) is 3. The number of benzene rings is 2. The van der Waals surface area contributed by atoms with Gasteiger partial charge in [0.25, 0.3) is 11.8 Å². The Hall–Kier alpha value is -2.43. The Balaban J connectivity index is 1.50. The van der Waals surface area contributed by atoms with Crippen molar-refractivity contribution in [3.05, 3.63) is 58.1 Å². The predicted molar refractivity (Wildman–Crippen MR) is 115 cm³/mol. The minimum absolute atomic E-state index is 0.0112. The fourth-order valence-electron chi connectivity index (χ4n) is 2.67. The van der Waals surface area contributed by atoms with Crippen molar-refractivity contribution in [2.24, 2.45) is 0 Å². The van der Waals surface area contributed by atoms with Gasteiger partial charge in [-0.15, -0.1) is 0 Å². The molecule has 10 heteroatoms. The Labute approximate surface area is 183 Å². The third-order valence-corrected chi connectivity index (χ3v) is 6.63. The first-order valence-corrected chi connectivity index (χ1v) is 11.7. The molecule has 2 amide bonds. The topological polar surface area (TPSA) is 125 Å². The molecule has 0 radical (unpaired) electrons. The molecule has 4 N–H and O–H groups in total. The lowest BCUT2D eigenvalue weighted by molar-refractivity contribution is 0.0951. The van der Waals surface area contributed by atoms with Crippen LogP contribution in [0.3, 0.4) is 0 Å². The highest BCUT2D eigenvalue weighted by Gasteiger charge is 2.28. The molecule has 0 unspecified atom stereocenters. The van der Waals surface area contributed by atoms with Gasteiger partial charge < -0.3 is 15.7 Å². The van der Waals surface area contributed by atoms with Gasteiger partial charge in [-0.1, -0.05) is 6.07 Å². The van der Waals surface area contributed by atoms with Crippen molar-refractivity contribution in [1.82, 2.24) is 15.4 Å². The largest absolute Gasteiger partial charge is 0.508 e. The molecule has 1 aliphatic carbocycles. The summed E-state index contributed by atoms with van der Waals surface area (Å²) in [6, 6.07) is 10.3. The first-order valence-electron chi connectivity index (χ1n) is 9.43. The van der Waals surface area contributed by atoms with Gasteiger partial charge in [0.1, 0.15) is 5.75 Å². The molecule has 30 heavy (non-hydrogen) atoms. The number of phenols is 1. The third kappa shape index (κ3) is 6.04. The minimum Gasteiger partial charge on any atom is -0.508 e. The van der Waals surface area contributed by atoms with Crippen molar-refractivity contribution < 1.29 is 23.1 Å². The van der Waals surface area contributed by atoms with Crippen molar-refractivity contribution in [2.75, 3.05) is 13.1 Å². The fraction of sp³-hybridized carbons (Fsp3) is 0.300. The number of rotatable bonds is 9. The summed E-state index contributed by atoms with van der Waals surface area (Å²) in [5.74, 6) is -0.720. The second-order valence-electron chi connectivity index (χ2n) is 6.95. The molecule has 8 nitrogen and oxygen atoms in total. The molecule has 160 valence electrons. The zero-order chi connectivity index (χ0) is 21.7. The lowest BCUT2D eigenvalue weighted by Gasteiger charge is -2.11. The summed E-state index contributed by atoms with van der Waals surface area (Å²) in [7, 11) is -3.65. The lowest BCUT2D eigenvalue weighted by Crippen LogP contribution is -2.30. The summed E-state index contributed by atoms with van der Waals surface area (Å²) in [6.45, 7) is 0.624. The molecular weight excluding hydrogens is 474 g/mol. The quantitative estimate of drug-likeness (QED) is 0.396. The molecule has 0 heterocycles. The summed E-state index contributed by atoms with van der Waals surface area (Å²) in [6.07, 6.45) is 2.13. The van der Waals surface area contributed by atoms with Crippen molar-refractivity contribution in [1.29, 1.82) is 0 Å². The van der Waals surface area contributed by atoms with Crippen molar-refractivity contribution >= 4 is 37.8 Å². The molecule has 1 fully saturated rings. The summed E-state index contributed by atoms with van der Waals surface area (Å²) >= 11 is 3.28. The Morgan fingerprint density at radius 2 is 1.73 bits per heavy atom. The number of hydrogen-bond acceptors (Lipinski definition) is 5. The van der Waals surface area contributed by atoms with Gasteiger partial charge >= 0.3 is 0 Å². The van der Waals surface area contributed by atoms with Gasteiger partial charge in [0.15, 0.2) is 0 Å². The second-order valence-corrected chi connectivity index (χ2v) is 9.52. The maximum atomic E-state index is 12.5. The van der Waals surface area contributed by atoms with E-state index < -0.39 is 15.9 Å². The van der Waals surface area contributed by atoms with Crippen molar-refractivity contribution in [2.45, 2.75) is 30.2 Å². The van der Waals surface area contributed by atoms with E-state index in [1.54, 1.807) is 12.1 Å². The first-order chi connectivity index (χ1) is 14.3. The maximum Gasteiger partial charge on any atom is 0.252 e.